The molecule has 24 heavy (non-hydrogen) atoms. The van der Waals surface area contributed by atoms with Crippen LogP contribution in [0.3, 0.4) is 0 Å². The van der Waals surface area contributed by atoms with Crippen LogP contribution >= 0.6 is 0 Å². The molecule has 0 N–H and O–H groups in total. The summed E-state index contributed by atoms with van der Waals surface area (Å²) >= 11 is 0. The van der Waals surface area contributed by atoms with Gasteiger partial charge in [-0.15, -0.1) is 0 Å². The summed E-state index contributed by atoms with van der Waals surface area (Å²) in [6, 6.07) is 18.6. The molecule has 1 aliphatic heterocycles. The lowest BCUT2D eigenvalue weighted by Gasteiger charge is -2.30. The Labute approximate surface area is 145 Å². The number of hydrogen-bond acceptors (Lipinski definition) is 2. The Bertz CT molecular complexity index is 654. The molecular weight excluding hydrogens is 294 g/mol. The Kier molecular flexibility index (Phi) is 5.92. The van der Waals surface area contributed by atoms with E-state index in [9.17, 15) is 0 Å². The van der Waals surface area contributed by atoms with E-state index in [-0.39, 0.29) is 0 Å². The lowest BCUT2D eigenvalue weighted by atomic mass is 9.99. The molecule has 1 saturated heterocycles. The van der Waals surface area contributed by atoms with Crippen molar-refractivity contribution in [2.45, 2.75) is 39.2 Å². The summed E-state index contributed by atoms with van der Waals surface area (Å²) in [5.74, 6) is 1.90. The number of hydrogen-bond donors (Lipinski definition) is 0. The second kappa shape index (κ2) is 8.34. The molecule has 0 radical (unpaired) electrons. The molecule has 3 aliphatic rings. The van der Waals surface area contributed by atoms with Gasteiger partial charge < -0.3 is 9.64 Å². The zero-order valence-electron chi connectivity index (χ0n) is 14.9. The molecule has 0 bridgehead atoms. The zero-order valence-corrected chi connectivity index (χ0v) is 14.9. The Morgan fingerprint density at radius 2 is 1.54 bits per heavy atom. The van der Waals surface area contributed by atoms with Crippen molar-refractivity contribution in [1.82, 2.24) is 4.90 Å². The van der Waals surface area contributed by atoms with E-state index >= 15 is 0 Å². The van der Waals surface area contributed by atoms with Gasteiger partial charge in [0.2, 0.25) is 0 Å². The SMILES string of the molecule is CC1CCN(CCC(C)Oc2ccccc2)CC1.c1cc2ccc1=2. The second-order valence-electron chi connectivity index (χ2n) is 7.13. The highest BCUT2D eigenvalue weighted by molar-refractivity contribution is 5.22. The Hall–Kier alpha value is -1.80. The molecule has 1 heterocycles. The summed E-state index contributed by atoms with van der Waals surface area (Å²) in [5, 5.41) is 2.85. The smallest absolute Gasteiger partial charge is 0.119 e. The van der Waals surface area contributed by atoms with E-state index in [1.165, 1.54) is 42.9 Å². The number of rotatable bonds is 5. The van der Waals surface area contributed by atoms with Crippen molar-refractivity contribution in [1.29, 1.82) is 0 Å². The predicted octanol–water partition coefficient (Wildman–Crippen LogP) is 4.86. The van der Waals surface area contributed by atoms with Crippen LogP contribution < -0.4 is 4.74 Å². The van der Waals surface area contributed by atoms with E-state index in [2.05, 4.69) is 43.0 Å². The van der Waals surface area contributed by atoms with Gasteiger partial charge >= 0.3 is 0 Å². The maximum atomic E-state index is 5.90. The minimum Gasteiger partial charge on any atom is -0.491 e. The molecule has 1 aromatic rings. The monoisotopic (exact) mass is 323 g/mol. The Morgan fingerprint density at radius 1 is 0.958 bits per heavy atom. The summed E-state index contributed by atoms with van der Waals surface area (Å²) in [5.41, 5.74) is 0. The molecule has 0 saturated carbocycles. The topological polar surface area (TPSA) is 12.5 Å². The summed E-state index contributed by atoms with van der Waals surface area (Å²) in [7, 11) is 0. The maximum absolute atomic E-state index is 5.90. The van der Waals surface area contributed by atoms with E-state index < -0.39 is 0 Å². The predicted molar refractivity (Wildman–Crippen MR) is 100 cm³/mol. The molecule has 0 aromatic heterocycles. The number of benzene rings is 2. The van der Waals surface area contributed by atoms with Crippen LogP contribution in [0.2, 0.25) is 0 Å². The molecule has 1 atom stereocenters. The molecule has 2 nitrogen and oxygen atoms in total. The number of para-hydroxylation sites is 1. The summed E-state index contributed by atoms with van der Waals surface area (Å²) in [6.07, 6.45) is 4.12. The first-order valence-corrected chi connectivity index (χ1v) is 9.25. The van der Waals surface area contributed by atoms with Gasteiger partial charge in [0.15, 0.2) is 0 Å². The van der Waals surface area contributed by atoms with Gasteiger partial charge in [0.25, 0.3) is 0 Å². The third-order valence-corrected chi connectivity index (χ3v) is 5.03. The average molecular weight is 323 g/mol. The van der Waals surface area contributed by atoms with Gasteiger partial charge in [-0.25, -0.2) is 0 Å². The zero-order chi connectivity index (χ0) is 16.8. The normalized spacial score (nSPS) is 17.6. The fourth-order valence-corrected chi connectivity index (χ4v) is 3.10. The first kappa shape index (κ1) is 17.0. The molecule has 0 spiro atoms. The fraction of sp³-hybridized carbons (Fsp3) is 0.455. The number of nitrogens with zero attached hydrogens (tertiary/aromatic N) is 1. The van der Waals surface area contributed by atoms with Crippen molar-refractivity contribution in [2.75, 3.05) is 19.6 Å². The number of ether oxygens (including phenoxy) is 1. The van der Waals surface area contributed by atoms with Crippen molar-refractivity contribution in [3.8, 4) is 5.75 Å². The molecule has 0 amide bonds. The molecule has 1 unspecified atom stereocenters. The van der Waals surface area contributed by atoms with Gasteiger partial charge in [0.05, 0.1) is 6.10 Å². The second-order valence-corrected chi connectivity index (χ2v) is 7.13. The van der Waals surface area contributed by atoms with Crippen LogP contribution in [0, 0.1) is 16.4 Å². The van der Waals surface area contributed by atoms with Crippen molar-refractivity contribution in [2.24, 2.45) is 5.92 Å². The van der Waals surface area contributed by atoms with Gasteiger partial charge in [-0.3, -0.25) is 0 Å². The van der Waals surface area contributed by atoms with Crippen LogP contribution in [0.25, 0.3) is 0 Å². The molecule has 2 heteroatoms. The number of likely N-dealkylation sites (tertiary alicyclic amines) is 1. The summed E-state index contributed by atoms with van der Waals surface area (Å²) in [6.45, 7) is 8.22. The van der Waals surface area contributed by atoms with E-state index in [1.54, 1.807) is 0 Å². The van der Waals surface area contributed by atoms with Crippen molar-refractivity contribution in [3.05, 3.63) is 65.0 Å². The van der Waals surface area contributed by atoms with E-state index in [1.807, 2.05) is 30.3 Å². The number of piperidine rings is 1. The highest BCUT2D eigenvalue weighted by atomic mass is 16.5. The van der Waals surface area contributed by atoms with Crippen LogP contribution in [0.15, 0.2) is 54.6 Å². The van der Waals surface area contributed by atoms with Crippen LogP contribution in [0.4, 0.5) is 0 Å². The molecule has 128 valence electrons. The highest BCUT2D eigenvalue weighted by Gasteiger charge is 2.16. The van der Waals surface area contributed by atoms with Crippen molar-refractivity contribution in [3.63, 3.8) is 0 Å². The fourth-order valence-electron chi connectivity index (χ4n) is 3.10. The van der Waals surface area contributed by atoms with Gasteiger partial charge in [-0.1, -0.05) is 49.4 Å². The van der Waals surface area contributed by atoms with Gasteiger partial charge in [0, 0.05) is 6.54 Å². The third kappa shape index (κ3) is 4.85. The van der Waals surface area contributed by atoms with E-state index in [0.29, 0.717) is 6.10 Å². The summed E-state index contributed by atoms with van der Waals surface area (Å²) < 4.78 is 5.90. The minimum atomic E-state index is 0.298. The molecule has 4 rings (SSSR count). The molecule has 1 aromatic carbocycles. The standard InChI is InChI=1S/C16H25NO.C6H4/c1-14-8-11-17(12-9-14)13-10-15(2)18-16-6-4-3-5-7-16;1-2-6-4-3-5(1)6/h3-7,14-15H,8-13H2,1-2H3;1-4H. The quantitative estimate of drug-likeness (QED) is 0.664. The highest BCUT2D eigenvalue weighted by Crippen LogP contribution is 2.17. The lowest BCUT2D eigenvalue weighted by Crippen LogP contribution is -2.35. The maximum Gasteiger partial charge on any atom is 0.119 e. The molecule has 1 fully saturated rings. The molecule has 2 aliphatic carbocycles. The largest absolute Gasteiger partial charge is 0.491 e. The Balaban J connectivity index is 0.000000231. The van der Waals surface area contributed by atoms with Crippen LogP contribution in [-0.4, -0.2) is 30.6 Å². The third-order valence-electron chi connectivity index (χ3n) is 5.03. The van der Waals surface area contributed by atoms with Crippen LogP contribution in [-0.2, 0) is 0 Å². The van der Waals surface area contributed by atoms with Crippen molar-refractivity contribution >= 4 is 0 Å². The first-order valence-electron chi connectivity index (χ1n) is 9.25. The average Bonchev–Trinajstić information content (AvgIpc) is 2.59. The minimum absolute atomic E-state index is 0.298. The van der Waals surface area contributed by atoms with Gasteiger partial charge in [-0.05, 0) is 67.8 Å². The molecular formula is C22H29NO. The van der Waals surface area contributed by atoms with E-state index in [4.69, 9.17) is 4.74 Å². The van der Waals surface area contributed by atoms with Gasteiger partial charge in [-0.2, -0.15) is 0 Å². The first-order chi connectivity index (χ1) is 11.7. The lowest BCUT2D eigenvalue weighted by molar-refractivity contribution is 0.149. The van der Waals surface area contributed by atoms with Crippen LogP contribution in [0.5, 0.6) is 5.75 Å². The van der Waals surface area contributed by atoms with Gasteiger partial charge in [0.1, 0.15) is 5.75 Å². The Morgan fingerprint density at radius 3 is 2.04 bits per heavy atom. The van der Waals surface area contributed by atoms with E-state index in [0.717, 1.165) is 18.1 Å². The van der Waals surface area contributed by atoms with Crippen LogP contribution in [0.1, 0.15) is 33.1 Å². The van der Waals surface area contributed by atoms with Crippen molar-refractivity contribution < 1.29 is 4.74 Å². The summed E-state index contributed by atoms with van der Waals surface area (Å²) in [4.78, 5) is 2.57.